The number of carbonyl (C=O) groups excluding carboxylic acids is 2. The molecule has 0 bridgehead atoms. The number of hydrogen-bond donors (Lipinski definition) is 1. The zero-order chi connectivity index (χ0) is 20.4. The average Bonchev–Trinajstić information content (AvgIpc) is 3.03. The van der Waals surface area contributed by atoms with E-state index in [1.54, 1.807) is 0 Å². The molecule has 6 nitrogen and oxygen atoms in total. The fourth-order valence-electron chi connectivity index (χ4n) is 2.71. The molecule has 2 atom stereocenters. The van der Waals surface area contributed by atoms with Gasteiger partial charge in [0.2, 0.25) is 0 Å². The van der Waals surface area contributed by atoms with Gasteiger partial charge in [0, 0.05) is 6.07 Å². The van der Waals surface area contributed by atoms with Crippen molar-refractivity contribution in [2.75, 3.05) is 13.2 Å². The lowest BCUT2D eigenvalue weighted by molar-refractivity contribution is -0.124. The number of ether oxygens (including phenoxy) is 2. The van der Waals surface area contributed by atoms with E-state index in [-0.39, 0.29) is 28.9 Å². The molecule has 1 unspecified atom stereocenters. The number of nitrogens with zero attached hydrogens (tertiary/aromatic N) is 1. The van der Waals surface area contributed by atoms with Gasteiger partial charge in [0.25, 0.3) is 5.91 Å². The standard InChI is InChI=1S/C18H14Cl2F2N2O4/c19-11-5-9(1-3-13(11)21)15(24-7-16(17(23)25)28-18(24)26)8-27-10-2-4-14(22)12(20)6-10/h1-6,15-16H,7-8H2,(H2,23,25)/t15-,16?/m0/s1. The van der Waals surface area contributed by atoms with Crippen LogP contribution >= 0.6 is 23.2 Å². The van der Waals surface area contributed by atoms with Crippen LogP contribution in [0.4, 0.5) is 13.6 Å². The minimum Gasteiger partial charge on any atom is -0.491 e. The predicted molar refractivity (Wildman–Crippen MR) is 97.2 cm³/mol. The molecule has 1 heterocycles. The third kappa shape index (κ3) is 4.28. The van der Waals surface area contributed by atoms with Gasteiger partial charge in [0.05, 0.1) is 22.6 Å². The van der Waals surface area contributed by atoms with Gasteiger partial charge in [-0.25, -0.2) is 13.6 Å². The molecule has 2 aromatic rings. The minimum absolute atomic E-state index is 0.110. The highest BCUT2D eigenvalue weighted by atomic mass is 35.5. The second-order valence-electron chi connectivity index (χ2n) is 6.00. The Kier molecular flexibility index (Phi) is 5.90. The maximum Gasteiger partial charge on any atom is 0.411 e. The third-order valence-electron chi connectivity index (χ3n) is 4.16. The van der Waals surface area contributed by atoms with E-state index in [1.165, 1.54) is 29.2 Å². The largest absolute Gasteiger partial charge is 0.491 e. The van der Waals surface area contributed by atoms with E-state index in [2.05, 4.69) is 0 Å². The first-order chi connectivity index (χ1) is 13.3. The maximum atomic E-state index is 13.5. The fourth-order valence-corrected chi connectivity index (χ4v) is 3.07. The molecule has 0 radical (unpaired) electrons. The summed E-state index contributed by atoms with van der Waals surface area (Å²) in [4.78, 5) is 24.8. The first-order valence-corrected chi connectivity index (χ1v) is 8.81. The summed E-state index contributed by atoms with van der Waals surface area (Å²) < 4.78 is 37.4. The lowest BCUT2D eigenvalue weighted by Crippen LogP contribution is -2.36. The number of nitrogens with two attached hydrogens (primary N) is 1. The molecule has 2 N–H and O–H groups in total. The molecule has 1 aliphatic heterocycles. The Labute approximate surface area is 168 Å². The van der Waals surface area contributed by atoms with Crippen molar-refractivity contribution in [1.82, 2.24) is 4.90 Å². The van der Waals surface area contributed by atoms with Crippen molar-refractivity contribution in [3.63, 3.8) is 0 Å². The van der Waals surface area contributed by atoms with Crippen LogP contribution in [0, 0.1) is 11.6 Å². The van der Waals surface area contributed by atoms with Crippen LogP contribution in [-0.4, -0.2) is 36.2 Å². The third-order valence-corrected chi connectivity index (χ3v) is 4.74. The zero-order valence-electron chi connectivity index (χ0n) is 14.2. The Hall–Kier alpha value is -2.58. The second kappa shape index (κ2) is 8.20. The Bertz CT molecular complexity index is 928. The molecule has 1 fully saturated rings. The monoisotopic (exact) mass is 430 g/mol. The molecule has 148 valence electrons. The highest BCUT2D eigenvalue weighted by molar-refractivity contribution is 6.31. The van der Waals surface area contributed by atoms with Gasteiger partial charge in [0.1, 0.15) is 24.0 Å². The normalized spacial score (nSPS) is 17.4. The van der Waals surface area contributed by atoms with E-state index in [4.69, 9.17) is 38.4 Å². The van der Waals surface area contributed by atoms with E-state index in [0.717, 1.165) is 12.1 Å². The van der Waals surface area contributed by atoms with Crippen molar-refractivity contribution in [3.05, 3.63) is 63.6 Å². The van der Waals surface area contributed by atoms with Gasteiger partial charge >= 0.3 is 6.09 Å². The Morgan fingerprint density at radius 1 is 1.21 bits per heavy atom. The molecule has 0 aliphatic carbocycles. The summed E-state index contributed by atoms with van der Waals surface area (Å²) in [5.41, 5.74) is 5.65. The van der Waals surface area contributed by atoms with Crippen LogP contribution in [0.25, 0.3) is 0 Å². The summed E-state index contributed by atoms with van der Waals surface area (Å²) in [6.07, 6.45) is -1.90. The molecular formula is C18H14Cl2F2N2O4. The van der Waals surface area contributed by atoms with Gasteiger partial charge in [-0.1, -0.05) is 29.3 Å². The van der Waals surface area contributed by atoms with E-state index >= 15 is 0 Å². The molecule has 2 aromatic carbocycles. The number of cyclic esters (lactones) is 1. The molecule has 1 saturated heterocycles. The number of amides is 2. The zero-order valence-corrected chi connectivity index (χ0v) is 15.7. The Morgan fingerprint density at radius 3 is 2.43 bits per heavy atom. The summed E-state index contributed by atoms with van der Waals surface area (Å²) in [5.74, 6) is -1.78. The number of halogens is 4. The summed E-state index contributed by atoms with van der Waals surface area (Å²) in [6.45, 7) is -0.230. The highest BCUT2D eigenvalue weighted by Gasteiger charge is 2.40. The van der Waals surface area contributed by atoms with Gasteiger partial charge < -0.3 is 15.2 Å². The van der Waals surface area contributed by atoms with Crippen LogP contribution in [0.2, 0.25) is 10.0 Å². The number of benzene rings is 2. The van der Waals surface area contributed by atoms with Crippen LogP contribution in [0.3, 0.4) is 0 Å². The predicted octanol–water partition coefficient (Wildman–Crippen LogP) is 3.70. The Balaban J connectivity index is 1.87. The number of rotatable bonds is 6. The number of carbonyl (C=O) groups is 2. The summed E-state index contributed by atoms with van der Waals surface area (Å²) >= 11 is 11.6. The van der Waals surface area contributed by atoms with Crippen LogP contribution in [0.15, 0.2) is 36.4 Å². The van der Waals surface area contributed by atoms with Crippen LogP contribution in [0.1, 0.15) is 11.6 Å². The lowest BCUT2D eigenvalue weighted by Gasteiger charge is -2.26. The minimum atomic E-state index is -1.12. The molecule has 2 amide bonds. The van der Waals surface area contributed by atoms with Crippen molar-refractivity contribution in [1.29, 1.82) is 0 Å². The Morgan fingerprint density at radius 2 is 1.86 bits per heavy atom. The highest BCUT2D eigenvalue weighted by Crippen LogP contribution is 2.30. The molecule has 1 aliphatic rings. The first-order valence-electron chi connectivity index (χ1n) is 8.05. The van der Waals surface area contributed by atoms with Gasteiger partial charge in [-0.05, 0) is 29.8 Å². The maximum absolute atomic E-state index is 13.5. The van der Waals surface area contributed by atoms with Gasteiger partial charge in [-0.2, -0.15) is 0 Å². The van der Waals surface area contributed by atoms with E-state index in [9.17, 15) is 18.4 Å². The molecular weight excluding hydrogens is 417 g/mol. The van der Waals surface area contributed by atoms with Crippen LogP contribution in [0.5, 0.6) is 5.75 Å². The molecule has 10 heteroatoms. The second-order valence-corrected chi connectivity index (χ2v) is 6.82. The fraction of sp³-hybridized carbons (Fsp3) is 0.222. The van der Waals surface area contributed by atoms with Gasteiger partial charge in [-0.3, -0.25) is 9.69 Å². The smallest absolute Gasteiger partial charge is 0.411 e. The van der Waals surface area contributed by atoms with Crippen molar-refractivity contribution >= 4 is 35.2 Å². The summed E-state index contributed by atoms with van der Waals surface area (Å²) in [6, 6.07) is 6.91. The molecule has 0 saturated carbocycles. The van der Waals surface area contributed by atoms with Crippen molar-refractivity contribution in [2.45, 2.75) is 12.1 Å². The van der Waals surface area contributed by atoms with Gasteiger partial charge in [0.15, 0.2) is 6.10 Å². The molecule has 3 rings (SSSR count). The number of hydrogen-bond acceptors (Lipinski definition) is 4. The van der Waals surface area contributed by atoms with Crippen molar-refractivity contribution in [3.8, 4) is 5.75 Å². The SMILES string of the molecule is NC(=O)C1CN([C@@H](COc2ccc(F)c(Cl)c2)c2ccc(F)c(Cl)c2)C(=O)O1. The molecule has 0 aromatic heterocycles. The first kappa shape index (κ1) is 20.2. The summed E-state index contributed by atoms with van der Waals surface area (Å²) in [7, 11) is 0. The molecule has 28 heavy (non-hydrogen) atoms. The molecule has 0 spiro atoms. The average molecular weight is 431 g/mol. The number of primary amides is 1. The summed E-state index contributed by atoms with van der Waals surface area (Å²) in [5, 5.41) is -0.278. The van der Waals surface area contributed by atoms with Crippen LogP contribution < -0.4 is 10.5 Å². The lowest BCUT2D eigenvalue weighted by atomic mass is 10.1. The van der Waals surface area contributed by atoms with Crippen molar-refractivity contribution in [2.24, 2.45) is 5.73 Å². The van der Waals surface area contributed by atoms with Crippen molar-refractivity contribution < 1.29 is 27.8 Å². The van der Waals surface area contributed by atoms with E-state index < -0.39 is 35.8 Å². The topological polar surface area (TPSA) is 81.9 Å². The quantitative estimate of drug-likeness (QED) is 0.757. The van der Waals surface area contributed by atoms with E-state index in [1.807, 2.05) is 0 Å². The van der Waals surface area contributed by atoms with Crippen LogP contribution in [-0.2, 0) is 9.53 Å². The van der Waals surface area contributed by atoms with E-state index in [0.29, 0.717) is 5.56 Å². The van der Waals surface area contributed by atoms with Gasteiger partial charge in [-0.15, -0.1) is 0 Å².